The molecular formula is C14H30N2. The summed E-state index contributed by atoms with van der Waals surface area (Å²) in [5, 5.41) is 0. The van der Waals surface area contributed by atoms with Gasteiger partial charge in [-0.15, -0.1) is 0 Å². The predicted octanol–water partition coefficient (Wildman–Crippen LogP) is 2.98. The van der Waals surface area contributed by atoms with Crippen LogP contribution in [-0.4, -0.2) is 49.6 Å². The van der Waals surface area contributed by atoms with Crippen molar-refractivity contribution in [3.05, 3.63) is 0 Å². The lowest BCUT2D eigenvalue weighted by atomic mass is 10.0. The number of hydrogen-bond acceptors (Lipinski definition) is 2. The fourth-order valence-corrected chi connectivity index (χ4v) is 2.60. The molecule has 0 saturated carbocycles. The molecule has 0 bridgehead atoms. The van der Waals surface area contributed by atoms with E-state index in [1.807, 2.05) is 0 Å². The monoisotopic (exact) mass is 226 g/mol. The first-order chi connectivity index (χ1) is 7.74. The molecule has 2 heteroatoms. The summed E-state index contributed by atoms with van der Waals surface area (Å²) in [4.78, 5) is 5.05. The minimum absolute atomic E-state index is 0.830. The maximum absolute atomic E-state index is 2.66. The molecule has 0 aliphatic carbocycles. The van der Waals surface area contributed by atoms with Gasteiger partial charge in [0.05, 0.1) is 0 Å². The first kappa shape index (κ1) is 14.0. The Bertz CT molecular complexity index is 160. The Hall–Kier alpha value is -0.0800. The van der Waals surface area contributed by atoms with Crippen LogP contribution in [0.2, 0.25) is 0 Å². The van der Waals surface area contributed by atoms with Crippen molar-refractivity contribution in [3.8, 4) is 0 Å². The molecule has 1 aliphatic heterocycles. The molecule has 1 heterocycles. The van der Waals surface area contributed by atoms with Gasteiger partial charge in [0.2, 0.25) is 0 Å². The van der Waals surface area contributed by atoms with Crippen LogP contribution in [0, 0.1) is 0 Å². The highest BCUT2D eigenvalue weighted by molar-refractivity contribution is 4.76. The highest BCUT2D eigenvalue weighted by Gasteiger charge is 2.19. The molecule has 1 saturated heterocycles. The largest absolute Gasteiger partial charge is 0.306 e. The van der Waals surface area contributed by atoms with Gasteiger partial charge < -0.3 is 9.80 Å². The summed E-state index contributed by atoms with van der Waals surface area (Å²) in [6.07, 6.45) is 9.78. The van der Waals surface area contributed by atoms with Crippen LogP contribution in [0.5, 0.6) is 0 Å². The molecule has 1 aliphatic rings. The molecule has 0 radical (unpaired) electrons. The number of likely N-dealkylation sites (tertiary alicyclic amines) is 1. The van der Waals surface area contributed by atoms with E-state index in [0.717, 1.165) is 6.04 Å². The highest BCUT2D eigenvalue weighted by atomic mass is 15.2. The summed E-state index contributed by atoms with van der Waals surface area (Å²) in [7, 11) is 4.43. The molecule has 96 valence electrons. The average molecular weight is 226 g/mol. The molecule has 16 heavy (non-hydrogen) atoms. The molecule has 2 nitrogen and oxygen atoms in total. The Labute approximate surface area is 102 Å². The first-order valence-electron chi connectivity index (χ1n) is 7.12. The van der Waals surface area contributed by atoms with Crippen LogP contribution in [0.1, 0.15) is 51.9 Å². The third-order valence-corrected chi connectivity index (χ3v) is 3.87. The van der Waals surface area contributed by atoms with E-state index in [4.69, 9.17) is 0 Å². The SMILES string of the molecule is CCCCCCCN1CCC(N(C)C)CC1. The third kappa shape index (κ3) is 5.31. The van der Waals surface area contributed by atoms with E-state index in [1.54, 1.807) is 0 Å². The Morgan fingerprint density at radius 2 is 1.62 bits per heavy atom. The van der Waals surface area contributed by atoms with Crippen molar-refractivity contribution in [2.75, 3.05) is 33.7 Å². The van der Waals surface area contributed by atoms with Crippen LogP contribution in [-0.2, 0) is 0 Å². The van der Waals surface area contributed by atoms with Gasteiger partial charge >= 0.3 is 0 Å². The van der Waals surface area contributed by atoms with Gasteiger partial charge in [-0.1, -0.05) is 32.6 Å². The van der Waals surface area contributed by atoms with Crippen molar-refractivity contribution >= 4 is 0 Å². The van der Waals surface area contributed by atoms with E-state index in [2.05, 4.69) is 30.8 Å². The van der Waals surface area contributed by atoms with E-state index in [0.29, 0.717) is 0 Å². The van der Waals surface area contributed by atoms with Crippen LogP contribution in [0.15, 0.2) is 0 Å². The van der Waals surface area contributed by atoms with Gasteiger partial charge in [-0.2, -0.15) is 0 Å². The molecule has 0 aromatic heterocycles. The summed E-state index contributed by atoms with van der Waals surface area (Å²) >= 11 is 0. The second-order valence-electron chi connectivity index (χ2n) is 5.45. The molecule has 0 unspecified atom stereocenters. The lowest BCUT2D eigenvalue weighted by molar-refractivity contribution is 0.143. The normalized spacial score (nSPS) is 19.5. The Morgan fingerprint density at radius 3 is 2.19 bits per heavy atom. The van der Waals surface area contributed by atoms with Crippen molar-refractivity contribution in [2.45, 2.75) is 57.9 Å². The van der Waals surface area contributed by atoms with Crippen LogP contribution in [0.3, 0.4) is 0 Å². The van der Waals surface area contributed by atoms with E-state index in [1.165, 1.54) is 64.6 Å². The van der Waals surface area contributed by atoms with Crippen molar-refractivity contribution in [3.63, 3.8) is 0 Å². The lowest BCUT2D eigenvalue weighted by Gasteiger charge is -2.35. The first-order valence-corrected chi connectivity index (χ1v) is 7.12. The van der Waals surface area contributed by atoms with E-state index < -0.39 is 0 Å². The van der Waals surface area contributed by atoms with Gasteiger partial charge in [-0.05, 0) is 53.0 Å². The zero-order valence-electron chi connectivity index (χ0n) is 11.5. The van der Waals surface area contributed by atoms with E-state index in [-0.39, 0.29) is 0 Å². The van der Waals surface area contributed by atoms with Gasteiger partial charge in [0, 0.05) is 6.04 Å². The molecule has 0 N–H and O–H groups in total. The zero-order chi connectivity index (χ0) is 11.8. The second kappa shape index (κ2) is 8.08. The van der Waals surface area contributed by atoms with E-state index in [9.17, 15) is 0 Å². The summed E-state index contributed by atoms with van der Waals surface area (Å²) in [6, 6.07) is 0.830. The second-order valence-corrected chi connectivity index (χ2v) is 5.45. The Morgan fingerprint density at radius 1 is 1.00 bits per heavy atom. The molecular weight excluding hydrogens is 196 g/mol. The quantitative estimate of drug-likeness (QED) is 0.616. The smallest absolute Gasteiger partial charge is 0.0113 e. The van der Waals surface area contributed by atoms with Crippen LogP contribution >= 0.6 is 0 Å². The maximum atomic E-state index is 2.66. The van der Waals surface area contributed by atoms with Crippen molar-refractivity contribution in [2.24, 2.45) is 0 Å². The van der Waals surface area contributed by atoms with Gasteiger partial charge in [0.1, 0.15) is 0 Å². The summed E-state index contributed by atoms with van der Waals surface area (Å²) < 4.78 is 0. The fourth-order valence-electron chi connectivity index (χ4n) is 2.60. The molecule has 0 amide bonds. The molecule has 0 atom stereocenters. The maximum Gasteiger partial charge on any atom is 0.0113 e. The van der Waals surface area contributed by atoms with Gasteiger partial charge in [-0.3, -0.25) is 0 Å². The van der Waals surface area contributed by atoms with Gasteiger partial charge in [0.25, 0.3) is 0 Å². The molecule has 0 aromatic rings. The van der Waals surface area contributed by atoms with Gasteiger partial charge in [0.15, 0.2) is 0 Å². The third-order valence-electron chi connectivity index (χ3n) is 3.87. The molecule has 1 rings (SSSR count). The van der Waals surface area contributed by atoms with Crippen LogP contribution in [0.4, 0.5) is 0 Å². The highest BCUT2D eigenvalue weighted by Crippen LogP contribution is 2.15. The predicted molar refractivity (Wildman–Crippen MR) is 71.9 cm³/mol. The Balaban J connectivity index is 1.99. The van der Waals surface area contributed by atoms with Crippen molar-refractivity contribution < 1.29 is 0 Å². The number of rotatable bonds is 7. The number of hydrogen-bond donors (Lipinski definition) is 0. The summed E-state index contributed by atoms with van der Waals surface area (Å²) in [5.41, 5.74) is 0. The standard InChI is InChI=1S/C14H30N2/c1-4-5-6-7-8-11-16-12-9-14(10-13-16)15(2)3/h14H,4-13H2,1-3H3. The molecule has 1 fully saturated rings. The van der Waals surface area contributed by atoms with Crippen LogP contribution < -0.4 is 0 Å². The molecule has 0 spiro atoms. The molecule has 0 aromatic carbocycles. The topological polar surface area (TPSA) is 6.48 Å². The summed E-state index contributed by atoms with van der Waals surface area (Å²) in [5.74, 6) is 0. The fraction of sp³-hybridized carbons (Fsp3) is 1.00. The number of unbranched alkanes of at least 4 members (excludes halogenated alkanes) is 4. The minimum Gasteiger partial charge on any atom is -0.306 e. The number of nitrogens with zero attached hydrogens (tertiary/aromatic N) is 2. The van der Waals surface area contributed by atoms with Crippen molar-refractivity contribution in [1.82, 2.24) is 9.80 Å². The minimum atomic E-state index is 0.830. The van der Waals surface area contributed by atoms with Crippen LogP contribution in [0.25, 0.3) is 0 Å². The zero-order valence-corrected chi connectivity index (χ0v) is 11.5. The van der Waals surface area contributed by atoms with Gasteiger partial charge in [-0.25, -0.2) is 0 Å². The van der Waals surface area contributed by atoms with E-state index >= 15 is 0 Å². The lowest BCUT2D eigenvalue weighted by Crippen LogP contribution is -2.42. The van der Waals surface area contributed by atoms with Crippen molar-refractivity contribution in [1.29, 1.82) is 0 Å². The number of piperidine rings is 1. The average Bonchev–Trinajstić information content (AvgIpc) is 2.29. The summed E-state index contributed by atoms with van der Waals surface area (Å²) in [6.45, 7) is 6.25. The Kier molecular flexibility index (Phi) is 7.06.